The molecule has 0 bridgehead atoms. The average molecular weight is 416 g/mol. The third-order valence-corrected chi connectivity index (χ3v) is 5.20. The summed E-state index contributed by atoms with van der Waals surface area (Å²) >= 11 is 0. The van der Waals surface area contributed by atoms with Crippen LogP contribution in [0.2, 0.25) is 0 Å². The van der Waals surface area contributed by atoms with Gasteiger partial charge in [0.15, 0.2) is 0 Å². The summed E-state index contributed by atoms with van der Waals surface area (Å²) in [6.45, 7) is 2.59. The molecule has 2 amide bonds. The van der Waals surface area contributed by atoms with E-state index in [1.165, 1.54) is 0 Å². The molecule has 1 aliphatic heterocycles. The second-order valence-corrected chi connectivity index (χ2v) is 7.47. The largest absolute Gasteiger partial charge is 0.354 e. The second-order valence-electron chi connectivity index (χ2n) is 7.47. The lowest BCUT2D eigenvalue weighted by Crippen LogP contribution is -2.45. The van der Waals surface area contributed by atoms with Crippen LogP contribution >= 0.6 is 0 Å². The summed E-state index contributed by atoms with van der Waals surface area (Å²) in [5.74, 6) is 0.0113. The minimum atomic E-state index is -0.507. The maximum atomic E-state index is 12.8. The van der Waals surface area contributed by atoms with Gasteiger partial charge >= 0.3 is 0 Å². The summed E-state index contributed by atoms with van der Waals surface area (Å²) < 4.78 is 0. The minimum Gasteiger partial charge on any atom is -0.354 e. The van der Waals surface area contributed by atoms with Crippen LogP contribution in [-0.2, 0) is 4.79 Å². The van der Waals surface area contributed by atoms with Crippen molar-refractivity contribution in [1.29, 1.82) is 0 Å². The molecule has 0 aliphatic carbocycles. The lowest BCUT2D eigenvalue weighted by atomic mass is 10.1. The molecule has 0 unspecified atom stereocenters. The summed E-state index contributed by atoms with van der Waals surface area (Å²) in [5, 5.41) is 8.88. The first-order chi connectivity index (χ1) is 15.1. The van der Waals surface area contributed by atoms with Gasteiger partial charge in [-0.05, 0) is 62.1 Å². The van der Waals surface area contributed by atoms with Gasteiger partial charge in [0.05, 0.1) is 5.69 Å². The Balaban J connectivity index is 1.52. The number of rotatable bonds is 5. The van der Waals surface area contributed by atoms with E-state index in [1.54, 1.807) is 30.7 Å². The number of nitrogens with one attached hydrogen (secondary N) is 3. The van der Waals surface area contributed by atoms with E-state index in [4.69, 9.17) is 0 Å². The number of carbonyl (C=O) groups excluding carboxylic acids is 2. The van der Waals surface area contributed by atoms with Crippen LogP contribution in [-0.4, -0.2) is 39.4 Å². The molecule has 1 atom stereocenters. The highest BCUT2D eigenvalue weighted by atomic mass is 16.2. The predicted molar refractivity (Wildman–Crippen MR) is 118 cm³/mol. The first-order valence-electron chi connectivity index (χ1n) is 10.3. The molecule has 31 heavy (non-hydrogen) atoms. The zero-order chi connectivity index (χ0) is 21.6. The van der Waals surface area contributed by atoms with E-state index >= 15 is 0 Å². The molecular weight excluding hydrogens is 392 g/mol. The highest BCUT2D eigenvalue weighted by Gasteiger charge is 2.23. The molecule has 3 heterocycles. The van der Waals surface area contributed by atoms with Crippen LogP contribution in [0.15, 0.2) is 55.0 Å². The van der Waals surface area contributed by atoms with E-state index in [-0.39, 0.29) is 11.8 Å². The molecule has 1 aromatic carbocycles. The van der Waals surface area contributed by atoms with E-state index in [9.17, 15) is 9.59 Å². The fourth-order valence-corrected chi connectivity index (χ4v) is 3.43. The summed E-state index contributed by atoms with van der Waals surface area (Å²) in [6, 6.07) is 10.4. The van der Waals surface area contributed by atoms with Crippen LogP contribution in [0.4, 0.5) is 11.6 Å². The van der Waals surface area contributed by atoms with Gasteiger partial charge in [0.2, 0.25) is 11.9 Å². The lowest BCUT2D eigenvalue weighted by Gasteiger charge is -2.16. The number of anilines is 2. The average Bonchev–Trinajstić information content (AvgIpc) is 3.00. The normalized spacial score (nSPS) is 16.2. The van der Waals surface area contributed by atoms with Crippen LogP contribution in [0.5, 0.6) is 0 Å². The van der Waals surface area contributed by atoms with E-state index in [1.807, 2.05) is 31.2 Å². The van der Waals surface area contributed by atoms with Crippen molar-refractivity contribution in [2.75, 3.05) is 11.9 Å². The molecule has 8 nitrogen and oxygen atoms in total. The van der Waals surface area contributed by atoms with Crippen LogP contribution in [0.3, 0.4) is 0 Å². The van der Waals surface area contributed by atoms with Gasteiger partial charge in [0.1, 0.15) is 6.04 Å². The Kier molecular flexibility index (Phi) is 6.16. The number of aromatic nitrogens is 3. The highest BCUT2D eigenvalue weighted by molar-refractivity contribution is 5.98. The molecule has 0 spiro atoms. The van der Waals surface area contributed by atoms with Gasteiger partial charge in [-0.3, -0.25) is 14.6 Å². The number of aryl methyl sites for hydroxylation is 1. The molecule has 3 N–H and O–H groups in total. The van der Waals surface area contributed by atoms with Crippen molar-refractivity contribution >= 4 is 23.5 Å². The van der Waals surface area contributed by atoms with Crippen molar-refractivity contribution in [1.82, 2.24) is 25.6 Å². The first kappa shape index (κ1) is 20.5. The quantitative estimate of drug-likeness (QED) is 0.590. The van der Waals surface area contributed by atoms with Gasteiger partial charge < -0.3 is 16.0 Å². The number of carbonyl (C=O) groups is 2. The van der Waals surface area contributed by atoms with Gasteiger partial charge in [-0.1, -0.05) is 6.07 Å². The Hall–Kier alpha value is -3.81. The zero-order valence-corrected chi connectivity index (χ0v) is 17.3. The first-order valence-corrected chi connectivity index (χ1v) is 10.3. The number of benzene rings is 1. The number of hydrogen-bond acceptors (Lipinski definition) is 6. The van der Waals surface area contributed by atoms with Gasteiger partial charge in [-0.25, -0.2) is 9.97 Å². The second kappa shape index (κ2) is 9.34. The Morgan fingerprint density at radius 3 is 2.90 bits per heavy atom. The fourth-order valence-electron chi connectivity index (χ4n) is 3.43. The SMILES string of the molecule is Cc1ccc(C(=O)N[C@H]2CCCCNC2=O)cc1Nc1nccc(-c2cccnc2)n1. The van der Waals surface area contributed by atoms with E-state index in [0.29, 0.717) is 24.5 Å². The van der Waals surface area contributed by atoms with Crippen LogP contribution in [0.1, 0.15) is 35.2 Å². The molecule has 2 aromatic heterocycles. The molecule has 1 saturated heterocycles. The van der Waals surface area contributed by atoms with Crippen molar-refractivity contribution in [3.8, 4) is 11.3 Å². The van der Waals surface area contributed by atoms with Gasteiger partial charge in [-0.15, -0.1) is 0 Å². The van der Waals surface area contributed by atoms with E-state index < -0.39 is 6.04 Å². The van der Waals surface area contributed by atoms with E-state index in [0.717, 1.165) is 35.3 Å². The summed E-state index contributed by atoms with van der Waals surface area (Å²) in [5.41, 5.74) is 3.77. The molecule has 158 valence electrons. The summed E-state index contributed by atoms with van der Waals surface area (Å²) in [6.07, 6.45) is 7.59. The molecule has 4 rings (SSSR count). The van der Waals surface area contributed by atoms with Crippen molar-refractivity contribution in [2.45, 2.75) is 32.2 Å². The van der Waals surface area contributed by atoms with Crippen LogP contribution in [0, 0.1) is 6.92 Å². The smallest absolute Gasteiger partial charge is 0.252 e. The lowest BCUT2D eigenvalue weighted by molar-refractivity contribution is -0.122. The van der Waals surface area contributed by atoms with E-state index in [2.05, 4.69) is 30.9 Å². The fraction of sp³-hybridized carbons (Fsp3) is 0.261. The van der Waals surface area contributed by atoms with Crippen LogP contribution in [0.25, 0.3) is 11.3 Å². The molecule has 1 fully saturated rings. The number of hydrogen-bond donors (Lipinski definition) is 3. The maximum Gasteiger partial charge on any atom is 0.252 e. The molecule has 0 saturated carbocycles. The summed E-state index contributed by atoms with van der Waals surface area (Å²) in [4.78, 5) is 37.9. The molecular formula is C23H24N6O2. The number of nitrogens with zero attached hydrogens (tertiary/aromatic N) is 3. The van der Waals surface area contributed by atoms with Gasteiger partial charge in [0.25, 0.3) is 5.91 Å². The highest BCUT2D eigenvalue weighted by Crippen LogP contribution is 2.22. The Labute approximate surface area is 180 Å². The minimum absolute atomic E-state index is 0.128. The molecule has 3 aromatic rings. The van der Waals surface area contributed by atoms with Crippen molar-refractivity contribution < 1.29 is 9.59 Å². The summed E-state index contributed by atoms with van der Waals surface area (Å²) in [7, 11) is 0. The maximum absolute atomic E-state index is 12.8. The topological polar surface area (TPSA) is 109 Å². The predicted octanol–water partition coefficient (Wildman–Crippen LogP) is 2.99. The third-order valence-electron chi connectivity index (χ3n) is 5.20. The molecule has 1 aliphatic rings. The standard InChI is InChI=1S/C23H24N6O2/c1-15-7-8-16(21(30)27-19-6-2-3-11-25-22(19)31)13-20(15)29-23-26-12-9-18(28-23)17-5-4-10-24-14-17/h4-5,7-10,12-14,19H,2-3,6,11H2,1H3,(H,25,31)(H,27,30)(H,26,28,29)/t19-/m0/s1. The van der Waals surface area contributed by atoms with Crippen molar-refractivity contribution in [2.24, 2.45) is 0 Å². The van der Waals surface area contributed by atoms with Crippen LogP contribution < -0.4 is 16.0 Å². The number of pyridine rings is 1. The zero-order valence-electron chi connectivity index (χ0n) is 17.3. The Morgan fingerprint density at radius 1 is 1.16 bits per heavy atom. The molecule has 0 radical (unpaired) electrons. The third kappa shape index (κ3) is 5.03. The van der Waals surface area contributed by atoms with Gasteiger partial charge in [-0.2, -0.15) is 0 Å². The molecule has 8 heteroatoms. The van der Waals surface area contributed by atoms with Crippen molar-refractivity contribution in [3.63, 3.8) is 0 Å². The Bertz CT molecular complexity index is 1090. The monoisotopic (exact) mass is 416 g/mol. The Morgan fingerprint density at radius 2 is 2.06 bits per heavy atom. The number of amides is 2. The van der Waals surface area contributed by atoms with Crippen molar-refractivity contribution in [3.05, 3.63) is 66.1 Å². The van der Waals surface area contributed by atoms with Gasteiger partial charge in [0, 0.05) is 41.9 Å².